The number of rotatable bonds is 2. The zero-order valence-electron chi connectivity index (χ0n) is 6.46. The fraction of sp³-hybridized carbons (Fsp3) is 0.125. The number of pyridine rings is 1. The van der Waals surface area contributed by atoms with Crippen molar-refractivity contribution in [1.29, 1.82) is 0 Å². The number of nitrogens with one attached hydrogen (secondary N) is 1. The van der Waals surface area contributed by atoms with Crippen LogP contribution in [0.25, 0.3) is 6.08 Å². The summed E-state index contributed by atoms with van der Waals surface area (Å²) in [7, 11) is 0. The van der Waals surface area contributed by atoms with Crippen LogP contribution in [0.5, 0.6) is 0 Å². The summed E-state index contributed by atoms with van der Waals surface area (Å²) in [5.74, 6) is 5.87. The summed E-state index contributed by atoms with van der Waals surface area (Å²) in [4.78, 5) is 4.06. The fourth-order valence-corrected chi connectivity index (χ4v) is 0.868. The molecule has 0 aromatic carbocycles. The third kappa shape index (κ3) is 1.56. The van der Waals surface area contributed by atoms with Gasteiger partial charge in [0.05, 0.1) is 0 Å². The molecule has 1 rings (SSSR count). The molecule has 3 N–H and O–H groups in total. The highest BCUT2D eigenvalue weighted by atomic mass is 15.2. The molecule has 0 aliphatic heterocycles. The van der Waals surface area contributed by atoms with Gasteiger partial charge in [-0.15, -0.1) is 0 Å². The predicted octanol–water partition coefficient (Wildman–Crippen LogP) is 1.32. The molecule has 1 aromatic heterocycles. The number of aromatic nitrogens is 1. The quantitative estimate of drug-likeness (QED) is 0.492. The molecule has 1 heterocycles. The van der Waals surface area contributed by atoms with Gasteiger partial charge in [0.25, 0.3) is 0 Å². The summed E-state index contributed by atoms with van der Waals surface area (Å²) in [5, 5.41) is 0. The van der Waals surface area contributed by atoms with Gasteiger partial charge in [-0.1, -0.05) is 12.7 Å². The van der Waals surface area contributed by atoms with Gasteiger partial charge in [-0.2, -0.15) is 0 Å². The predicted molar refractivity (Wildman–Crippen MR) is 46.9 cm³/mol. The van der Waals surface area contributed by atoms with E-state index in [4.69, 9.17) is 5.84 Å². The van der Waals surface area contributed by atoms with Gasteiger partial charge in [-0.25, -0.2) is 10.8 Å². The summed E-state index contributed by atoms with van der Waals surface area (Å²) in [6.45, 7) is 5.62. The van der Waals surface area contributed by atoms with E-state index in [0.717, 1.165) is 11.1 Å². The molecule has 11 heavy (non-hydrogen) atoms. The van der Waals surface area contributed by atoms with E-state index in [1.165, 1.54) is 0 Å². The second kappa shape index (κ2) is 3.16. The molecule has 0 spiro atoms. The maximum atomic E-state index is 5.22. The Hall–Kier alpha value is -1.35. The first kappa shape index (κ1) is 7.75. The van der Waals surface area contributed by atoms with Gasteiger partial charge in [0.1, 0.15) is 5.82 Å². The van der Waals surface area contributed by atoms with Gasteiger partial charge < -0.3 is 5.43 Å². The molecule has 0 radical (unpaired) electrons. The molecule has 0 atom stereocenters. The third-order valence-electron chi connectivity index (χ3n) is 1.41. The number of hydrazine groups is 1. The molecule has 0 amide bonds. The van der Waals surface area contributed by atoms with Gasteiger partial charge in [0.15, 0.2) is 0 Å². The molecule has 3 heteroatoms. The molecule has 0 aliphatic rings. The van der Waals surface area contributed by atoms with Crippen LogP contribution in [0, 0.1) is 6.92 Å². The van der Waals surface area contributed by atoms with E-state index in [0.29, 0.717) is 5.82 Å². The lowest BCUT2D eigenvalue weighted by atomic mass is 10.2. The Labute approximate surface area is 65.9 Å². The molecule has 0 unspecified atom stereocenters. The largest absolute Gasteiger partial charge is 0.308 e. The second-order valence-corrected chi connectivity index (χ2v) is 2.30. The molecule has 0 bridgehead atoms. The number of aryl methyl sites for hydroxylation is 1. The van der Waals surface area contributed by atoms with Gasteiger partial charge in [-0.3, -0.25) is 0 Å². The van der Waals surface area contributed by atoms with Crippen molar-refractivity contribution in [1.82, 2.24) is 4.98 Å². The Bertz CT molecular complexity index is 268. The van der Waals surface area contributed by atoms with Crippen molar-refractivity contribution in [3.05, 3.63) is 30.0 Å². The molecule has 1 aromatic rings. The zero-order valence-corrected chi connectivity index (χ0v) is 6.46. The normalized spacial score (nSPS) is 9.27. The van der Waals surface area contributed by atoms with E-state index in [2.05, 4.69) is 17.0 Å². The zero-order chi connectivity index (χ0) is 8.27. The molecule has 0 saturated carbocycles. The summed E-state index contributed by atoms with van der Waals surface area (Å²) in [5.41, 5.74) is 4.51. The van der Waals surface area contributed by atoms with E-state index in [1.54, 1.807) is 12.3 Å². The second-order valence-electron chi connectivity index (χ2n) is 2.30. The van der Waals surface area contributed by atoms with Crippen LogP contribution < -0.4 is 11.3 Å². The maximum Gasteiger partial charge on any atom is 0.147 e. The van der Waals surface area contributed by atoms with Crippen LogP contribution in [0.1, 0.15) is 11.1 Å². The highest BCUT2D eigenvalue weighted by molar-refractivity contribution is 5.61. The lowest BCUT2D eigenvalue weighted by Crippen LogP contribution is -2.09. The van der Waals surface area contributed by atoms with E-state index in [1.807, 2.05) is 13.0 Å². The SMILES string of the molecule is C=Cc1cc(C)cnc1NN. The van der Waals surface area contributed by atoms with E-state index >= 15 is 0 Å². The lowest BCUT2D eigenvalue weighted by Gasteiger charge is -2.03. The van der Waals surface area contributed by atoms with Crippen LogP contribution in [0.3, 0.4) is 0 Å². The van der Waals surface area contributed by atoms with Crippen molar-refractivity contribution in [3.63, 3.8) is 0 Å². The average Bonchev–Trinajstić information content (AvgIpc) is 2.04. The Morgan fingerprint density at radius 2 is 2.45 bits per heavy atom. The van der Waals surface area contributed by atoms with Crippen LogP contribution in [-0.4, -0.2) is 4.98 Å². The van der Waals surface area contributed by atoms with Gasteiger partial charge in [0.2, 0.25) is 0 Å². The molecule has 0 aliphatic carbocycles. The maximum absolute atomic E-state index is 5.22. The van der Waals surface area contributed by atoms with E-state index in [9.17, 15) is 0 Å². The first-order valence-corrected chi connectivity index (χ1v) is 3.33. The molecule has 3 nitrogen and oxygen atoms in total. The van der Waals surface area contributed by atoms with Crippen LogP contribution >= 0.6 is 0 Å². The Morgan fingerprint density at radius 3 is 3.00 bits per heavy atom. The summed E-state index contributed by atoms with van der Waals surface area (Å²) >= 11 is 0. The smallest absolute Gasteiger partial charge is 0.147 e. The Kier molecular flexibility index (Phi) is 2.23. The monoisotopic (exact) mass is 149 g/mol. The van der Waals surface area contributed by atoms with Crippen molar-refractivity contribution in [2.75, 3.05) is 5.43 Å². The first-order chi connectivity index (χ1) is 5.27. The summed E-state index contributed by atoms with van der Waals surface area (Å²) < 4.78 is 0. The van der Waals surface area contributed by atoms with Gasteiger partial charge in [0, 0.05) is 11.8 Å². The van der Waals surface area contributed by atoms with Crippen LogP contribution in [0.15, 0.2) is 18.8 Å². The summed E-state index contributed by atoms with van der Waals surface area (Å²) in [6.07, 6.45) is 3.47. The minimum atomic E-state index is 0.658. The van der Waals surface area contributed by atoms with Gasteiger partial charge in [-0.05, 0) is 18.6 Å². The van der Waals surface area contributed by atoms with Crippen LogP contribution in [-0.2, 0) is 0 Å². The topological polar surface area (TPSA) is 50.9 Å². The van der Waals surface area contributed by atoms with E-state index in [-0.39, 0.29) is 0 Å². The average molecular weight is 149 g/mol. The number of hydrogen-bond acceptors (Lipinski definition) is 3. The third-order valence-corrected chi connectivity index (χ3v) is 1.41. The highest BCUT2D eigenvalue weighted by Gasteiger charge is 1.97. The van der Waals surface area contributed by atoms with Crippen LogP contribution in [0.4, 0.5) is 5.82 Å². The standard InChI is InChI=1S/C8H11N3/c1-3-7-4-6(2)5-10-8(7)11-9/h3-5H,1,9H2,2H3,(H,10,11). The van der Waals surface area contributed by atoms with Crippen molar-refractivity contribution < 1.29 is 0 Å². The Morgan fingerprint density at radius 1 is 1.73 bits per heavy atom. The Balaban J connectivity index is 3.16. The number of anilines is 1. The number of hydrogen-bond donors (Lipinski definition) is 2. The number of nitrogens with two attached hydrogens (primary N) is 1. The van der Waals surface area contributed by atoms with Gasteiger partial charge >= 0.3 is 0 Å². The number of nitrogen functional groups attached to an aromatic ring is 1. The molecular weight excluding hydrogens is 138 g/mol. The van der Waals surface area contributed by atoms with Crippen molar-refractivity contribution in [2.45, 2.75) is 6.92 Å². The first-order valence-electron chi connectivity index (χ1n) is 3.33. The van der Waals surface area contributed by atoms with Crippen molar-refractivity contribution >= 4 is 11.9 Å². The molecule has 58 valence electrons. The molecule has 0 fully saturated rings. The van der Waals surface area contributed by atoms with Crippen molar-refractivity contribution in [2.24, 2.45) is 5.84 Å². The van der Waals surface area contributed by atoms with E-state index < -0.39 is 0 Å². The lowest BCUT2D eigenvalue weighted by molar-refractivity contribution is 1.19. The summed E-state index contributed by atoms with van der Waals surface area (Å²) in [6, 6.07) is 1.97. The minimum Gasteiger partial charge on any atom is -0.308 e. The van der Waals surface area contributed by atoms with Crippen molar-refractivity contribution in [3.8, 4) is 0 Å². The van der Waals surface area contributed by atoms with Crippen LogP contribution in [0.2, 0.25) is 0 Å². The number of nitrogens with zero attached hydrogens (tertiary/aromatic N) is 1. The highest BCUT2D eigenvalue weighted by Crippen LogP contribution is 2.12. The molecule has 0 saturated heterocycles. The molecular formula is C8H11N3. The minimum absolute atomic E-state index is 0.658. The fourth-order valence-electron chi connectivity index (χ4n) is 0.868.